The molecule has 2 aromatic rings. The highest BCUT2D eigenvalue weighted by atomic mass is 32.1. The van der Waals surface area contributed by atoms with Gasteiger partial charge in [-0.15, -0.1) is 10.2 Å². The van der Waals surface area contributed by atoms with Crippen LogP contribution in [0.5, 0.6) is 0 Å². The third-order valence-corrected chi connectivity index (χ3v) is 4.99. The quantitative estimate of drug-likeness (QED) is 0.855. The molecule has 1 aliphatic rings. The largest absolute Gasteiger partial charge is 0.338 e. The van der Waals surface area contributed by atoms with Crippen LogP contribution in [-0.4, -0.2) is 38.5 Å². The van der Waals surface area contributed by atoms with Crippen LogP contribution in [0.4, 0.5) is 0 Å². The lowest BCUT2D eigenvalue weighted by molar-refractivity contribution is 0.0728. The maximum absolute atomic E-state index is 12.6. The van der Waals surface area contributed by atoms with Crippen molar-refractivity contribution in [3.63, 3.8) is 0 Å². The number of carbonyl (C=O) groups excluding carboxylic acids is 1. The summed E-state index contributed by atoms with van der Waals surface area (Å²) in [6.45, 7) is 7.96. The first-order valence-electron chi connectivity index (χ1n) is 7.23. The molecule has 1 fully saturated rings. The van der Waals surface area contributed by atoms with E-state index in [1.165, 1.54) is 17.8 Å². The maximum Gasteiger partial charge on any atom is 0.265 e. The summed E-state index contributed by atoms with van der Waals surface area (Å²) >= 11 is 1.46. The first-order chi connectivity index (χ1) is 9.59. The van der Waals surface area contributed by atoms with Crippen LogP contribution in [0.15, 0.2) is 0 Å². The third kappa shape index (κ3) is 2.12. The van der Waals surface area contributed by atoms with Gasteiger partial charge in [-0.3, -0.25) is 9.20 Å². The Morgan fingerprint density at radius 1 is 1.20 bits per heavy atom. The van der Waals surface area contributed by atoms with Crippen LogP contribution in [0.3, 0.4) is 0 Å². The Morgan fingerprint density at radius 3 is 2.55 bits per heavy atom. The van der Waals surface area contributed by atoms with Gasteiger partial charge in [0.1, 0.15) is 10.7 Å². The Balaban J connectivity index is 1.99. The highest BCUT2D eigenvalue weighted by Gasteiger charge is 2.25. The van der Waals surface area contributed by atoms with Crippen molar-refractivity contribution in [1.29, 1.82) is 0 Å². The van der Waals surface area contributed by atoms with E-state index in [2.05, 4.69) is 24.0 Å². The molecular formula is C14H20N4OS. The molecule has 0 saturated carbocycles. The van der Waals surface area contributed by atoms with Crippen LogP contribution in [0.25, 0.3) is 4.96 Å². The van der Waals surface area contributed by atoms with Gasteiger partial charge < -0.3 is 4.90 Å². The summed E-state index contributed by atoms with van der Waals surface area (Å²) in [5.74, 6) is 1.40. The normalized spacial score (nSPS) is 16.3. The molecule has 0 radical (unpaired) electrons. The molecule has 0 unspecified atom stereocenters. The predicted molar refractivity (Wildman–Crippen MR) is 79.4 cm³/mol. The average Bonchev–Trinajstić information content (AvgIpc) is 3.00. The Kier molecular flexibility index (Phi) is 3.50. The molecule has 1 saturated heterocycles. The maximum atomic E-state index is 12.6. The second-order valence-corrected chi connectivity index (χ2v) is 6.68. The number of piperidine rings is 1. The fourth-order valence-electron chi connectivity index (χ4n) is 2.74. The van der Waals surface area contributed by atoms with Crippen molar-refractivity contribution in [2.75, 3.05) is 13.1 Å². The van der Waals surface area contributed by atoms with Crippen LogP contribution < -0.4 is 0 Å². The molecule has 0 atom stereocenters. The van der Waals surface area contributed by atoms with Crippen molar-refractivity contribution in [3.05, 3.63) is 16.4 Å². The van der Waals surface area contributed by atoms with Crippen molar-refractivity contribution in [2.24, 2.45) is 0 Å². The highest BCUT2D eigenvalue weighted by Crippen LogP contribution is 2.27. The van der Waals surface area contributed by atoms with Gasteiger partial charge in [0.15, 0.2) is 0 Å². The first-order valence-corrected chi connectivity index (χ1v) is 8.05. The van der Waals surface area contributed by atoms with Gasteiger partial charge in [0.25, 0.3) is 5.91 Å². The minimum Gasteiger partial charge on any atom is -0.338 e. The number of hydrogen-bond acceptors (Lipinski definition) is 4. The second-order valence-electron chi connectivity index (χ2n) is 5.70. The molecule has 0 spiro atoms. The Labute approximate surface area is 122 Å². The number of hydrogen-bond donors (Lipinski definition) is 0. The molecule has 0 aliphatic carbocycles. The number of aromatic nitrogens is 3. The molecule has 3 rings (SSSR count). The van der Waals surface area contributed by atoms with Crippen molar-refractivity contribution < 1.29 is 4.79 Å². The number of thiazole rings is 1. The Hall–Kier alpha value is -1.43. The molecule has 2 aromatic heterocycles. The van der Waals surface area contributed by atoms with E-state index in [9.17, 15) is 4.79 Å². The standard InChI is InChI=1S/C14H20N4OS/c1-9(2)12-15-16-14-18(12)10(3)11(20-14)13(19)17-7-5-4-6-8-17/h9H,4-8H2,1-3H3. The van der Waals surface area contributed by atoms with E-state index in [-0.39, 0.29) is 5.91 Å². The lowest BCUT2D eigenvalue weighted by Crippen LogP contribution is -2.35. The molecule has 0 aromatic carbocycles. The van der Waals surface area contributed by atoms with Gasteiger partial charge in [0.2, 0.25) is 4.96 Å². The zero-order valence-electron chi connectivity index (χ0n) is 12.2. The number of amides is 1. The summed E-state index contributed by atoms with van der Waals surface area (Å²) in [7, 11) is 0. The summed E-state index contributed by atoms with van der Waals surface area (Å²) < 4.78 is 2.03. The zero-order valence-corrected chi connectivity index (χ0v) is 13.0. The molecule has 1 aliphatic heterocycles. The minimum atomic E-state index is 0.160. The van der Waals surface area contributed by atoms with Crippen molar-refractivity contribution >= 4 is 22.2 Å². The lowest BCUT2D eigenvalue weighted by atomic mass is 10.1. The molecule has 108 valence electrons. The van der Waals surface area contributed by atoms with Gasteiger partial charge in [-0.25, -0.2) is 0 Å². The Bertz CT molecular complexity index is 637. The van der Waals surface area contributed by atoms with Gasteiger partial charge in [0, 0.05) is 24.7 Å². The number of aryl methyl sites for hydroxylation is 1. The van der Waals surface area contributed by atoms with E-state index in [1.54, 1.807) is 0 Å². The number of nitrogens with zero attached hydrogens (tertiary/aromatic N) is 4. The van der Waals surface area contributed by atoms with E-state index in [1.807, 2.05) is 16.2 Å². The van der Waals surface area contributed by atoms with E-state index < -0.39 is 0 Å². The summed E-state index contributed by atoms with van der Waals surface area (Å²) in [6.07, 6.45) is 3.47. The molecule has 1 amide bonds. The molecular weight excluding hydrogens is 272 g/mol. The monoisotopic (exact) mass is 292 g/mol. The van der Waals surface area contributed by atoms with Gasteiger partial charge in [-0.1, -0.05) is 25.2 Å². The molecule has 5 nitrogen and oxygen atoms in total. The fourth-order valence-corrected chi connectivity index (χ4v) is 3.78. The third-order valence-electron chi connectivity index (χ3n) is 3.87. The van der Waals surface area contributed by atoms with Crippen LogP contribution in [-0.2, 0) is 0 Å². The smallest absolute Gasteiger partial charge is 0.265 e. The number of likely N-dealkylation sites (tertiary alicyclic amines) is 1. The lowest BCUT2D eigenvalue weighted by Gasteiger charge is -2.26. The molecule has 0 bridgehead atoms. The van der Waals surface area contributed by atoms with Crippen molar-refractivity contribution in [2.45, 2.75) is 46.0 Å². The van der Waals surface area contributed by atoms with Gasteiger partial charge >= 0.3 is 0 Å². The van der Waals surface area contributed by atoms with Crippen molar-refractivity contribution in [3.8, 4) is 0 Å². The van der Waals surface area contributed by atoms with Crippen LogP contribution in [0.1, 0.15) is 60.2 Å². The SMILES string of the molecule is Cc1c(C(=O)N2CCCCC2)sc2nnc(C(C)C)n12. The van der Waals surface area contributed by atoms with E-state index in [0.29, 0.717) is 5.92 Å². The molecule has 20 heavy (non-hydrogen) atoms. The minimum absolute atomic E-state index is 0.160. The summed E-state index contributed by atoms with van der Waals surface area (Å²) in [6, 6.07) is 0. The number of carbonyl (C=O) groups is 1. The second kappa shape index (κ2) is 5.16. The summed E-state index contributed by atoms with van der Waals surface area (Å²) in [5.41, 5.74) is 0.981. The fraction of sp³-hybridized carbons (Fsp3) is 0.643. The van der Waals surface area contributed by atoms with Crippen molar-refractivity contribution in [1.82, 2.24) is 19.5 Å². The topological polar surface area (TPSA) is 50.5 Å². The highest BCUT2D eigenvalue weighted by molar-refractivity contribution is 7.19. The number of rotatable bonds is 2. The van der Waals surface area contributed by atoms with Gasteiger partial charge in [0.05, 0.1) is 0 Å². The van der Waals surface area contributed by atoms with Crippen LogP contribution in [0, 0.1) is 6.92 Å². The van der Waals surface area contributed by atoms with Gasteiger partial charge in [-0.05, 0) is 26.2 Å². The average molecular weight is 292 g/mol. The van der Waals surface area contributed by atoms with E-state index in [4.69, 9.17) is 0 Å². The van der Waals surface area contributed by atoms with Crippen LogP contribution in [0.2, 0.25) is 0 Å². The Morgan fingerprint density at radius 2 is 1.90 bits per heavy atom. The molecule has 3 heterocycles. The summed E-state index contributed by atoms with van der Waals surface area (Å²) in [4.78, 5) is 16.3. The molecule has 0 N–H and O–H groups in total. The molecule has 6 heteroatoms. The van der Waals surface area contributed by atoms with Crippen LogP contribution >= 0.6 is 11.3 Å². The zero-order chi connectivity index (χ0) is 14.3. The van der Waals surface area contributed by atoms with E-state index >= 15 is 0 Å². The first kappa shape index (κ1) is 13.5. The summed E-state index contributed by atoms with van der Waals surface area (Å²) in [5, 5.41) is 8.44. The van der Waals surface area contributed by atoms with E-state index in [0.717, 1.165) is 47.3 Å². The predicted octanol–water partition coefficient (Wildman–Crippen LogP) is 2.85. The number of fused-ring (bicyclic) bond motifs is 1. The van der Waals surface area contributed by atoms with Gasteiger partial charge in [-0.2, -0.15) is 0 Å².